The van der Waals surface area contributed by atoms with Crippen molar-refractivity contribution in [2.75, 3.05) is 0 Å². The molecule has 0 heterocycles. The van der Waals surface area contributed by atoms with Crippen molar-refractivity contribution in [3.63, 3.8) is 0 Å². The molecule has 0 saturated carbocycles. The summed E-state index contributed by atoms with van der Waals surface area (Å²) < 4.78 is 0. The Morgan fingerprint density at radius 1 is 2.00 bits per heavy atom. The van der Waals surface area contributed by atoms with E-state index < -0.39 is 0 Å². The van der Waals surface area contributed by atoms with Gasteiger partial charge in [-0.15, -0.1) is 0 Å². The third-order valence-electron chi connectivity index (χ3n) is 0.195. The fourth-order valence-corrected chi connectivity index (χ4v) is 3.17. The van der Waals surface area contributed by atoms with Crippen molar-refractivity contribution in [3.05, 3.63) is 0 Å². The van der Waals surface area contributed by atoms with E-state index in [0.29, 0.717) is 12.7 Å². The molecule has 0 aromatic heterocycles. The second-order valence-corrected chi connectivity index (χ2v) is 6.43. The Balaban J connectivity index is 2.63. The summed E-state index contributed by atoms with van der Waals surface area (Å²) in [5, 5.41) is 0.266. The zero-order valence-electron chi connectivity index (χ0n) is 3.42. The second kappa shape index (κ2) is 4.34. The van der Waals surface area contributed by atoms with Crippen molar-refractivity contribution in [1.29, 1.82) is 0 Å². The Labute approximate surface area is 52.1 Å². The van der Waals surface area contributed by atoms with Gasteiger partial charge in [0.25, 0.3) is 0 Å². The molecule has 1 nitrogen and oxygen atoms in total. The Hall–Kier alpha value is 1.18. The monoisotopic (exact) mass is 189 g/mol. The van der Waals surface area contributed by atoms with Crippen LogP contribution in [0.5, 0.6) is 0 Å². The van der Waals surface area contributed by atoms with E-state index in [1.807, 2.05) is 6.92 Å². The Morgan fingerprint density at radius 2 is 2.50 bits per heavy atom. The molecule has 0 radical (unpaired) electrons. The minimum atomic E-state index is 0.266. The van der Waals surface area contributed by atoms with Gasteiger partial charge in [-0.25, -0.2) is 0 Å². The predicted molar refractivity (Wildman–Crippen MR) is 36.0 cm³/mol. The first-order valence-electron chi connectivity index (χ1n) is 1.50. The van der Waals surface area contributed by atoms with Gasteiger partial charge < -0.3 is 0 Å². The van der Waals surface area contributed by atoms with Crippen LogP contribution in [-0.2, 0) is 0 Å². The van der Waals surface area contributed by atoms with Crippen LogP contribution in [-0.4, -0.2) is 18.1 Å². The molecule has 0 aromatic rings. The molecule has 0 spiro atoms. The molecular formula is C2H7NS2Se. The molecule has 2 N–H and O–H groups in total. The maximum atomic E-state index is 5.33. The molecule has 38 valence electrons. The normalized spacial score (nSPS) is 14.5. The van der Waals surface area contributed by atoms with E-state index in [1.165, 1.54) is 0 Å². The van der Waals surface area contributed by atoms with Gasteiger partial charge in [0.05, 0.1) is 0 Å². The number of hydrogen-bond donors (Lipinski definition) is 2. The molecule has 0 aromatic carbocycles. The first-order valence-corrected chi connectivity index (χ1v) is 7.06. The van der Waals surface area contributed by atoms with Crippen LogP contribution < -0.4 is 5.73 Å². The van der Waals surface area contributed by atoms with Crippen LogP contribution >= 0.6 is 21.2 Å². The van der Waals surface area contributed by atoms with Gasteiger partial charge in [-0.05, 0) is 0 Å². The van der Waals surface area contributed by atoms with E-state index in [4.69, 9.17) is 5.73 Å². The topological polar surface area (TPSA) is 26.0 Å². The zero-order chi connectivity index (χ0) is 4.99. The van der Waals surface area contributed by atoms with Crippen molar-refractivity contribution in [1.82, 2.24) is 0 Å². The third-order valence-corrected chi connectivity index (χ3v) is 4.38. The SMILES string of the molecule is CC(N)S[Se]S. The van der Waals surface area contributed by atoms with Crippen molar-refractivity contribution in [2.24, 2.45) is 5.73 Å². The van der Waals surface area contributed by atoms with Gasteiger partial charge in [-0.1, -0.05) is 0 Å². The predicted octanol–water partition coefficient (Wildman–Crippen LogP) is 0.488. The van der Waals surface area contributed by atoms with Gasteiger partial charge in [-0.3, -0.25) is 0 Å². The first-order chi connectivity index (χ1) is 2.77. The van der Waals surface area contributed by atoms with Crippen molar-refractivity contribution in [3.8, 4) is 0 Å². The van der Waals surface area contributed by atoms with Gasteiger partial charge in [0, 0.05) is 0 Å². The molecule has 0 aliphatic heterocycles. The van der Waals surface area contributed by atoms with Crippen LogP contribution in [0.1, 0.15) is 6.92 Å². The van der Waals surface area contributed by atoms with E-state index in [9.17, 15) is 0 Å². The molecular weight excluding hydrogens is 181 g/mol. The van der Waals surface area contributed by atoms with E-state index in [2.05, 4.69) is 11.0 Å². The van der Waals surface area contributed by atoms with E-state index in [1.54, 1.807) is 10.2 Å². The van der Waals surface area contributed by atoms with Crippen LogP contribution in [0.15, 0.2) is 0 Å². The van der Waals surface area contributed by atoms with Crippen LogP contribution in [0.3, 0.4) is 0 Å². The minimum absolute atomic E-state index is 0.266. The summed E-state index contributed by atoms with van der Waals surface area (Å²) in [6.45, 7) is 1.96. The van der Waals surface area contributed by atoms with Crippen LogP contribution in [0, 0.1) is 0 Å². The van der Waals surface area contributed by atoms with Crippen molar-refractivity contribution in [2.45, 2.75) is 12.3 Å². The van der Waals surface area contributed by atoms with E-state index in [-0.39, 0.29) is 5.37 Å². The van der Waals surface area contributed by atoms with Crippen LogP contribution in [0.25, 0.3) is 0 Å². The third kappa shape index (κ3) is 5.18. The molecule has 4 heteroatoms. The Bertz CT molecular complexity index is 32.7. The molecule has 0 aliphatic carbocycles. The standard InChI is InChI=1S/C2H7NS2Se/c1-2(3)5-6-4/h2,4H,3H2,1H3. The zero-order valence-corrected chi connectivity index (χ0v) is 6.84. The molecule has 1 unspecified atom stereocenters. The van der Waals surface area contributed by atoms with Gasteiger partial charge in [-0.2, -0.15) is 0 Å². The van der Waals surface area contributed by atoms with Crippen LogP contribution in [0.2, 0.25) is 0 Å². The Kier molecular flexibility index (Phi) is 5.19. The van der Waals surface area contributed by atoms with Crippen molar-refractivity contribution < 1.29 is 0 Å². The molecule has 0 fully saturated rings. The van der Waals surface area contributed by atoms with Crippen LogP contribution in [0.4, 0.5) is 0 Å². The van der Waals surface area contributed by atoms with Crippen molar-refractivity contribution >= 4 is 33.9 Å². The average molecular weight is 188 g/mol. The summed E-state index contributed by atoms with van der Waals surface area (Å²) in [5.74, 6) is 0. The van der Waals surface area contributed by atoms with E-state index >= 15 is 0 Å². The summed E-state index contributed by atoms with van der Waals surface area (Å²) in [6.07, 6.45) is 0. The molecule has 0 bridgehead atoms. The second-order valence-electron chi connectivity index (χ2n) is 0.876. The van der Waals surface area contributed by atoms with Gasteiger partial charge in [0.1, 0.15) is 0 Å². The molecule has 6 heavy (non-hydrogen) atoms. The number of thiol groups is 1. The maximum absolute atomic E-state index is 5.33. The summed E-state index contributed by atoms with van der Waals surface area (Å²) in [4.78, 5) is 0. The molecule has 0 aliphatic rings. The van der Waals surface area contributed by atoms with Gasteiger partial charge in [0.15, 0.2) is 0 Å². The van der Waals surface area contributed by atoms with Gasteiger partial charge in [0.2, 0.25) is 0 Å². The fraction of sp³-hybridized carbons (Fsp3) is 1.00. The number of rotatable bonds is 2. The summed E-state index contributed by atoms with van der Waals surface area (Å²) in [5.41, 5.74) is 5.33. The first kappa shape index (κ1) is 7.18. The average Bonchev–Trinajstić information content (AvgIpc) is 1.35. The van der Waals surface area contributed by atoms with Gasteiger partial charge >= 0.3 is 52.0 Å². The quantitative estimate of drug-likeness (QED) is 0.374. The summed E-state index contributed by atoms with van der Waals surface area (Å²) >= 11 is 4.39. The molecule has 0 rings (SSSR count). The van der Waals surface area contributed by atoms with E-state index in [0.717, 1.165) is 0 Å². The number of hydrogen-bond acceptors (Lipinski definition) is 3. The summed E-state index contributed by atoms with van der Waals surface area (Å²) in [7, 11) is 1.69. The molecule has 1 atom stereocenters. The molecule has 0 saturated heterocycles. The molecule has 0 amide bonds. The summed E-state index contributed by atoms with van der Waals surface area (Å²) in [6, 6.07) is 0. The Morgan fingerprint density at radius 3 is 2.50 bits per heavy atom. The number of nitrogens with two attached hydrogens (primary N) is 1. The fourth-order valence-electron chi connectivity index (χ4n) is 0.0679.